The van der Waals surface area contributed by atoms with Crippen molar-refractivity contribution in [2.24, 2.45) is 0 Å². The third-order valence-electron chi connectivity index (χ3n) is 5.13. The van der Waals surface area contributed by atoms with E-state index in [-0.39, 0.29) is 0 Å². The van der Waals surface area contributed by atoms with Gasteiger partial charge in [0.05, 0.1) is 18.1 Å². The van der Waals surface area contributed by atoms with Crippen LogP contribution in [0.2, 0.25) is 0 Å². The van der Waals surface area contributed by atoms with Crippen LogP contribution in [0.5, 0.6) is 0 Å². The van der Waals surface area contributed by atoms with E-state index in [0.29, 0.717) is 0 Å². The lowest BCUT2D eigenvalue weighted by Crippen LogP contribution is -2.33. The lowest BCUT2D eigenvalue weighted by molar-refractivity contribution is 0.691. The Balaban J connectivity index is 1.62. The van der Waals surface area contributed by atoms with E-state index in [1.165, 1.54) is 40.9 Å². The van der Waals surface area contributed by atoms with Crippen LogP contribution >= 0.6 is 0 Å². The fourth-order valence-electron chi connectivity index (χ4n) is 3.56. The highest BCUT2D eigenvalue weighted by Gasteiger charge is 2.22. The Labute approximate surface area is 137 Å². The Morgan fingerprint density at radius 1 is 1.00 bits per heavy atom. The number of hydrogen-bond donors (Lipinski definition) is 0. The zero-order valence-electron chi connectivity index (χ0n) is 13.9. The molecule has 2 aliphatic heterocycles. The van der Waals surface area contributed by atoms with Crippen LogP contribution in [-0.2, 0) is 13.0 Å². The lowest BCUT2D eigenvalue weighted by Gasteiger charge is -2.31. The second kappa shape index (κ2) is 5.80. The van der Waals surface area contributed by atoms with Crippen molar-refractivity contribution in [3.8, 4) is 0 Å². The fourth-order valence-corrected chi connectivity index (χ4v) is 3.56. The van der Waals surface area contributed by atoms with Crippen molar-refractivity contribution in [1.29, 1.82) is 0 Å². The van der Waals surface area contributed by atoms with E-state index in [0.717, 1.165) is 38.4 Å². The van der Waals surface area contributed by atoms with E-state index >= 15 is 0 Å². The average Bonchev–Trinajstić information content (AvgIpc) is 3.11. The normalized spacial score (nSPS) is 17.5. The molecule has 0 atom stereocenters. The van der Waals surface area contributed by atoms with Gasteiger partial charge in [0.15, 0.2) is 5.82 Å². The number of pyridine rings is 1. The molecule has 0 unspecified atom stereocenters. The maximum absolute atomic E-state index is 4.73. The number of hydrogen-bond acceptors (Lipinski definition) is 5. The van der Waals surface area contributed by atoms with Crippen molar-refractivity contribution in [3.63, 3.8) is 0 Å². The Morgan fingerprint density at radius 2 is 1.83 bits per heavy atom. The molecule has 2 aromatic rings. The molecular formula is C18H23N5. The summed E-state index contributed by atoms with van der Waals surface area (Å²) >= 11 is 0. The van der Waals surface area contributed by atoms with Gasteiger partial charge in [0.2, 0.25) is 0 Å². The van der Waals surface area contributed by atoms with Gasteiger partial charge < -0.3 is 9.80 Å². The third-order valence-corrected chi connectivity index (χ3v) is 5.13. The van der Waals surface area contributed by atoms with Crippen LogP contribution in [0.1, 0.15) is 35.2 Å². The summed E-state index contributed by atoms with van der Waals surface area (Å²) in [5.41, 5.74) is 6.28. The molecule has 2 aliphatic rings. The van der Waals surface area contributed by atoms with Gasteiger partial charge in [0, 0.05) is 38.3 Å². The molecule has 1 saturated heterocycles. The summed E-state index contributed by atoms with van der Waals surface area (Å²) < 4.78 is 0. The molecule has 120 valence electrons. The molecule has 1 fully saturated rings. The second-order valence-corrected chi connectivity index (χ2v) is 6.64. The fraction of sp³-hybridized carbons (Fsp3) is 0.500. The molecule has 0 amide bonds. The van der Waals surface area contributed by atoms with E-state index in [4.69, 9.17) is 4.98 Å². The molecule has 4 heterocycles. The highest BCUT2D eigenvalue weighted by atomic mass is 15.3. The quantitative estimate of drug-likeness (QED) is 0.853. The maximum Gasteiger partial charge on any atom is 0.154 e. The molecule has 0 N–H and O–H groups in total. The maximum atomic E-state index is 4.73. The molecule has 0 saturated carbocycles. The molecule has 0 bridgehead atoms. The lowest BCUT2D eigenvalue weighted by atomic mass is 10.0. The molecule has 4 rings (SSSR count). The van der Waals surface area contributed by atoms with E-state index < -0.39 is 0 Å². The van der Waals surface area contributed by atoms with E-state index in [9.17, 15) is 0 Å². The monoisotopic (exact) mass is 309 g/mol. The summed E-state index contributed by atoms with van der Waals surface area (Å²) in [6.45, 7) is 8.39. The first-order valence-electron chi connectivity index (χ1n) is 8.49. The van der Waals surface area contributed by atoms with E-state index in [1.54, 1.807) is 0 Å². The molecule has 5 nitrogen and oxygen atoms in total. The molecule has 23 heavy (non-hydrogen) atoms. The molecule has 0 spiro atoms. The number of aryl methyl sites for hydroxylation is 1. The standard InChI is InChI=1S/C18H23N5/c1-13-10-20-21-18(14(13)2)23-8-5-17-15(12-23)9-16(11-19-17)22-6-3-4-7-22/h9-11H,3-8,12H2,1-2H3. The summed E-state index contributed by atoms with van der Waals surface area (Å²) in [6, 6.07) is 2.33. The zero-order chi connectivity index (χ0) is 15.8. The van der Waals surface area contributed by atoms with Crippen LogP contribution in [0, 0.1) is 13.8 Å². The van der Waals surface area contributed by atoms with Crippen molar-refractivity contribution in [2.45, 2.75) is 39.7 Å². The third kappa shape index (κ3) is 2.64. The predicted octanol–water partition coefficient (Wildman–Crippen LogP) is 2.65. The summed E-state index contributed by atoms with van der Waals surface area (Å²) in [6.07, 6.45) is 7.45. The van der Waals surface area contributed by atoms with Gasteiger partial charge in [-0.25, -0.2) is 0 Å². The summed E-state index contributed by atoms with van der Waals surface area (Å²) in [7, 11) is 0. The van der Waals surface area contributed by atoms with Crippen molar-refractivity contribution in [3.05, 3.63) is 40.8 Å². The highest BCUT2D eigenvalue weighted by molar-refractivity contribution is 5.53. The van der Waals surface area contributed by atoms with Gasteiger partial charge >= 0.3 is 0 Å². The Morgan fingerprint density at radius 3 is 2.65 bits per heavy atom. The molecular weight excluding hydrogens is 286 g/mol. The average molecular weight is 309 g/mol. The van der Waals surface area contributed by atoms with Crippen LogP contribution in [0.15, 0.2) is 18.5 Å². The van der Waals surface area contributed by atoms with Gasteiger partial charge in [0.1, 0.15) is 0 Å². The topological polar surface area (TPSA) is 45.2 Å². The van der Waals surface area contributed by atoms with Gasteiger partial charge in [-0.1, -0.05) is 0 Å². The summed E-state index contributed by atoms with van der Waals surface area (Å²) in [5, 5.41) is 8.52. The van der Waals surface area contributed by atoms with Gasteiger partial charge in [-0.05, 0) is 49.4 Å². The number of fused-ring (bicyclic) bond motifs is 1. The van der Waals surface area contributed by atoms with Crippen LogP contribution in [0.4, 0.5) is 11.5 Å². The van der Waals surface area contributed by atoms with Crippen LogP contribution in [0.25, 0.3) is 0 Å². The van der Waals surface area contributed by atoms with Gasteiger partial charge in [0.25, 0.3) is 0 Å². The second-order valence-electron chi connectivity index (χ2n) is 6.64. The Bertz CT molecular complexity index is 721. The van der Waals surface area contributed by atoms with Crippen molar-refractivity contribution < 1.29 is 0 Å². The van der Waals surface area contributed by atoms with Gasteiger partial charge in [-0.3, -0.25) is 4.98 Å². The van der Waals surface area contributed by atoms with Crippen molar-refractivity contribution >= 4 is 11.5 Å². The van der Waals surface area contributed by atoms with Gasteiger partial charge in [-0.2, -0.15) is 5.10 Å². The summed E-state index contributed by atoms with van der Waals surface area (Å²) in [4.78, 5) is 9.52. The summed E-state index contributed by atoms with van der Waals surface area (Å²) in [5.74, 6) is 1.02. The first kappa shape index (κ1) is 14.4. The Kier molecular flexibility index (Phi) is 3.63. The van der Waals surface area contributed by atoms with Crippen molar-refractivity contribution in [2.75, 3.05) is 29.4 Å². The molecule has 5 heteroatoms. The first-order chi connectivity index (χ1) is 11.2. The predicted molar refractivity (Wildman–Crippen MR) is 91.9 cm³/mol. The molecule has 0 aliphatic carbocycles. The molecule has 0 aromatic carbocycles. The first-order valence-corrected chi connectivity index (χ1v) is 8.49. The number of rotatable bonds is 2. The smallest absolute Gasteiger partial charge is 0.154 e. The highest BCUT2D eigenvalue weighted by Crippen LogP contribution is 2.28. The minimum Gasteiger partial charge on any atom is -0.370 e. The van der Waals surface area contributed by atoms with Crippen molar-refractivity contribution in [1.82, 2.24) is 15.2 Å². The minimum atomic E-state index is 0.878. The SMILES string of the molecule is Cc1cnnc(N2CCc3ncc(N4CCCC4)cc3C2)c1C. The number of nitrogens with zero attached hydrogens (tertiary/aromatic N) is 5. The van der Waals surface area contributed by atoms with Crippen LogP contribution in [0.3, 0.4) is 0 Å². The number of anilines is 2. The van der Waals surface area contributed by atoms with Gasteiger partial charge in [-0.15, -0.1) is 5.10 Å². The van der Waals surface area contributed by atoms with E-state index in [1.807, 2.05) is 6.20 Å². The number of aromatic nitrogens is 3. The van der Waals surface area contributed by atoms with Crippen LogP contribution in [-0.4, -0.2) is 34.8 Å². The van der Waals surface area contributed by atoms with E-state index in [2.05, 4.69) is 46.1 Å². The molecule has 2 aromatic heterocycles. The zero-order valence-corrected chi connectivity index (χ0v) is 13.9. The minimum absolute atomic E-state index is 0.878. The van der Waals surface area contributed by atoms with Crippen LogP contribution < -0.4 is 9.80 Å². The Hall–Kier alpha value is -2.17. The molecule has 0 radical (unpaired) electrons. The largest absolute Gasteiger partial charge is 0.370 e.